The molecule has 0 aliphatic rings. The molecule has 7 nitrogen and oxygen atoms in total. The Morgan fingerprint density at radius 2 is 1.48 bits per heavy atom. The van der Waals surface area contributed by atoms with E-state index in [4.69, 9.17) is 9.29 Å². The SMILES string of the molecule is BCc1ccc(CCOC(=O)CCCC(=O)OCCS(=O)(=O)O)cc1. The van der Waals surface area contributed by atoms with Crippen molar-refractivity contribution in [2.45, 2.75) is 32.0 Å². The second kappa shape index (κ2) is 10.9. The van der Waals surface area contributed by atoms with Crippen LogP contribution in [0.1, 0.15) is 30.4 Å². The molecule has 0 saturated heterocycles. The summed E-state index contributed by atoms with van der Waals surface area (Å²) in [5, 5.41) is 0. The van der Waals surface area contributed by atoms with Crippen LogP contribution in [0.5, 0.6) is 0 Å². The summed E-state index contributed by atoms with van der Waals surface area (Å²) in [5.74, 6) is -1.65. The Morgan fingerprint density at radius 3 is 2.00 bits per heavy atom. The van der Waals surface area contributed by atoms with Gasteiger partial charge in [0.25, 0.3) is 10.1 Å². The molecule has 1 rings (SSSR count). The summed E-state index contributed by atoms with van der Waals surface area (Å²) >= 11 is 0. The Labute approximate surface area is 148 Å². The van der Waals surface area contributed by atoms with Gasteiger partial charge in [0.15, 0.2) is 0 Å². The normalized spacial score (nSPS) is 11.1. The highest BCUT2D eigenvalue weighted by atomic mass is 32.2. The maximum absolute atomic E-state index is 11.6. The summed E-state index contributed by atoms with van der Waals surface area (Å²) in [6.07, 6.45) is 1.94. The Balaban J connectivity index is 2.11. The average Bonchev–Trinajstić information content (AvgIpc) is 2.54. The van der Waals surface area contributed by atoms with Crippen LogP contribution in [0.2, 0.25) is 0 Å². The number of hydrogen-bond donors (Lipinski definition) is 1. The third kappa shape index (κ3) is 10.6. The van der Waals surface area contributed by atoms with E-state index < -0.39 is 34.4 Å². The lowest BCUT2D eigenvalue weighted by Gasteiger charge is -2.06. The van der Waals surface area contributed by atoms with Crippen molar-refractivity contribution in [2.75, 3.05) is 19.0 Å². The monoisotopic (exact) mass is 370 g/mol. The Morgan fingerprint density at radius 1 is 0.960 bits per heavy atom. The number of carbonyl (C=O) groups is 2. The molecule has 138 valence electrons. The van der Waals surface area contributed by atoms with Crippen molar-refractivity contribution in [3.63, 3.8) is 0 Å². The lowest BCUT2D eigenvalue weighted by molar-refractivity contribution is -0.145. The molecule has 0 saturated carbocycles. The second-order valence-corrected chi connectivity index (χ2v) is 7.07. The molecule has 0 amide bonds. The minimum Gasteiger partial charge on any atom is -0.465 e. The lowest BCUT2D eigenvalue weighted by atomic mass is 9.96. The van der Waals surface area contributed by atoms with Gasteiger partial charge >= 0.3 is 11.9 Å². The molecule has 9 heteroatoms. The number of hydrogen-bond acceptors (Lipinski definition) is 6. The van der Waals surface area contributed by atoms with E-state index in [0.717, 1.165) is 11.9 Å². The van der Waals surface area contributed by atoms with Gasteiger partial charge in [-0.1, -0.05) is 36.1 Å². The van der Waals surface area contributed by atoms with Crippen LogP contribution in [0.25, 0.3) is 0 Å². The van der Waals surface area contributed by atoms with E-state index >= 15 is 0 Å². The van der Waals surface area contributed by atoms with Gasteiger partial charge in [0, 0.05) is 19.3 Å². The summed E-state index contributed by atoms with van der Waals surface area (Å²) in [7, 11) is -2.06. The van der Waals surface area contributed by atoms with Crippen LogP contribution in [-0.4, -0.2) is 51.7 Å². The van der Waals surface area contributed by atoms with Gasteiger partial charge in [-0.2, -0.15) is 8.42 Å². The first-order valence-electron chi connectivity index (χ1n) is 8.14. The van der Waals surface area contributed by atoms with E-state index in [1.807, 2.05) is 24.3 Å². The van der Waals surface area contributed by atoms with E-state index in [0.29, 0.717) is 6.42 Å². The topological polar surface area (TPSA) is 107 Å². The molecule has 0 heterocycles. The zero-order valence-electron chi connectivity index (χ0n) is 14.3. The first-order chi connectivity index (χ1) is 11.8. The molecule has 0 spiro atoms. The Bertz CT molecular complexity index is 656. The highest BCUT2D eigenvalue weighted by molar-refractivity contribution is 7.85. The quantitative estimate of drug-likeness (QED) is 0.344. The van der Waals surface area contributed by atoms with Gasteiger partial charge in [-0.15, -0.1) is 0 Å². The maximum atomic E-state index is 11.6. The Hall–Kier alpha value is -1.87. The molecular weight excluding hydrogens is 347 g/mol. The smallest absolute Gasteiger partial charge is 0.305 e. The molecular formula is C16H23BO7S. The summed E-state index contributed by atoms with van der Waals surface area (Å²) in [6, 6.07) is 8.11. The predicted octanol–water partition coefficient (Wildman–Crippen LogP) is 0.507. The van der Waals surface area contributed by atoms with Crippen molar-refractivity contribution in [1.82, 2.24) is 0 Å². The van der Waals surface area contributed by atoms with Crippen LogP contribution in [0, 0.1) is 0 Å². The molecule has 0 aliphatic heterocycles. The van der Waals surface area contributed by atoms with Gasteiger partial charge in [-0.3, -0.25) is 14.1 Å². The zero-order chi connectivity index (χ0) is 18.7. The summed E-state index contributed by atoms with van der Waals surface area (Å²) in [5.41, 5.74) is 2.34. The number of benzene rings is 1. The summed E-state index contributed by atoms with van der Waals surface area (Å²) in [6.45, 7) is -0.123. The van der Waals surface area contributed by atoms with Crippen molar-refractivity contribution < 1.29 is 32.0 Å². The van der Waals surface area contributed by atoms with Crippen molar-refractivity contribution in [3.8, 4) is 0 Å². The van der Waals surface area contributed by atoms with Crippen molar-refractivity contribution in [2.24, 2.45) is 0 Å². The first kappa shape index (κ1) is 21.2. The maximum Gasteiger partial charge on any atom is 0.305 e. The van der Waals surface area contributed by atoms with Gasteiger partial charge < -0.3 is 9.47 Å². The fourth-order valence-electron chi connectivity index (χ4n) is 2.01. The molecule has 0 unspecified atom stereocenters. The molecule has 0 atom stereocenters. The standard InChI is InChI=1S/C16H23BO7S/c17-12-14-6-4-13(5-7-14)8-9-23-15(18)2-1-3-16(19)24-10-11-25(20,21)22/h4-7H,1-3,8-12,17H2,(H,20,21,22). The molecule has 0 radical (unpaired) electrons. The largest absolute Gasteiger partial charge is 0.465 e. The first-order valence-corrected chi connectivity index (χ1v) is 9.75. The highest BCUT2D eigenvalue weighted by Crippen LogP contribution is 2.06. The van der Waals surface area contributed by atoms with Crippen molar-refractivity contribution in [3.05, 3.63) is 35.4 Å². The van der Waals surface area contributed by atoms with Gasteiger partial charge in [0.1, 0.15) is 20.2 Å². The van der Waals surface area contributed by atoms with E-state index in [-0.39, 0.29) is 25.9 Å². The molecule has 0 aliphatic carbocycles. The molecule has 0 bridgehead atoms. The van der Waals surface area contributed by atoms with Gasteiger partial charge in [-0.25, -0.2) is 0 Å². The minimum absolute atomic E-state index is 0.0148. The Kier molecular flexibility index (Phi) is 9.22. The van der Waals surface area contributed by atoms with Crippen LogP contribution < -0.4 is 0 Å². The number of carbonyl (C=O) groups excluding carboxylic acids is 2. The highest BCUT2D eigenvalue weighted by Gasteiger charge is 2.10. The van der Waals surface area contributed by atoms with Crippen molar-refractivity contribution in [1.29, 1.82) is 0 Å². The molecule has 0 aromatic heterocycles. The molecule has 25 heavy (non-hydrogen) atoms. The van der Waals surface area contributed by atoms with Gasteiger partial charge in [-0.05, 0) is 12.0 Å². The molecule has 1 aromatic rings. The molecule has 1 N–H and O–H groups in total. The van der Waals surface area contributed by atoms with E-state index in [1.165, 1.54) is 5.56 Å². The third-order valence-electron chi connectivity index (χ3n) is 3.45. The second-order valence-electron chi connectivity index (χ2n) is 5.50. The predicted molar refractivity (Wildman–Crippen MR) is 94.6 cm³/mol. The van der Waals surface area contributed by atoms with Crippen LogP contribution >= 0.6 is 0 Å². The fourth-order valence-corrected chi connectivity index (χ4v) is 2.30. The van der Waals surface area contributed by atoms with Gasteiger partial charge in [0.05, 0.1) is 6.61 Å². The van der Waals surface area contributed by atoms with E-state index in [1.54, 1.807) is 0 Å². The zero-order valence-corrected chi connectivity index (χ0v) is 15.1. The summed E-state index contributed by atoms with van der Waals surface area (Å²) < 4.78 is 39.1. The van der Waals surface area contributed by atoms with Crippen LogP contribution in [0.4, 0.5) is 0 Å². The van der Waals surface area contributed by atoms with Crippen LogP contribution in [0.15, 0.2) is 24.3 Å². The number of rotatable bonds is 11. The van der Waals surface area contributed by atoms with Crippen LogP contribution in [0.3, 0.4) is 0 Å². The summed E-state index contributed by atoms with van der Waals surface area (Å²) in [4.78, 5) is 22.9. The van der Waals surface area contributed by atoms with E-state index in [9.17, 15) is 18.0 Å². The molecule has 1 aromatic carbocycles. The third-order valence-corrected chi connectivity index (χ3v) is 4.13. The lowest BCUT2D eigenvalue weighted by Crippen LogP contribution is -2.15. The van der Waals surface area contributed by atoms with Gasteiger partial charge in [0.2, 0.25) is 0 Å². The van der Waals surface area contributed by atoms with E-state index in [2.05, 4.69) is 12.6 Å². The minimum atomic E-state index is -4.14. The van der Waals surface area contributed by atoms with Crippen molar-refractivity contribution >= 4 is 29.9 Å². The molecule has 0 fully saturated rings. The average molecular weight is 370 g/mol. The van der Waals surface area contributed by atoms with Crippen LogP contribution in [-0.2, 0) is 41.9 Å². The number of ether oxygens (including phenoxy) is 2. The number of esters is 2. The fraction of sp³-hybridized carbons (Fsp3) is 0.500.